The lowest BCUT2D eigenvalue weighted by molar-refractivity contribution is -0.153. The third kappa shape index (κ3) is 7.02. The summed E-state index contributed by atoms with van der Waals surface area (Å²) in [4.78, 5) is 56.2. The minimum Gasteiger partial charge on any atom is -0.461 e. The number of nitrogens with zero attached hydrogens (tertiary/aromatic N) is 2. The number of hydrogen-bond acceptors (Lipinski definition) is 9. The largest absolute Gasteiger partial charge is 0.461 e. The maximum absolute atomic E-state index is 11.6. The van der Waals surface area contributed by atoms with E-state index in [1.54, 1.807) is 56.3 Å². The summed E-state index contributed by atoms with van der Waals surface area (Å²) in [6, 6.07) is 17.4. The van der Waals surface area contributed by atoms with E-state index in [1.165, 1.54) is 0 Å². The highest BCUT2D eigenvalue weighted by Gasteiger charge is 2.22. The molecule has 10 heteroatoms. The number of H-pyrrole nitrogens is 1. The molecule has 3 rings (SSSR count). The Bertz CT molecular complexity index is 1140. The van der Waals surface area contributed by atoms with Crippen molar-refractivity contribution in [2.45, 2.75) is 20.3 Å². The molecule has 0 fully saturated rings. The number of carbonyl (C=O) groups excluding carboxylic acids is 4. The molecule has 176 valence electrons. The van der Waals surface area contributed by atoms with E-state index in [4.69, 9.17) is 4.74 Å². The Morgan fingerprint density at radius 1 is 0.882 bits per heavy atom. The van der Waals surface area contributed by atoms with Crippen LogP contribution in [0.4, 0.5) is 5.69 Å². The number of nitrogens with one attached hydrogen (secondary N) is 1. The van der Waals surface area contributed by atoms with Crippen molar-refractivity contribution in [1.82, 2.24) is 10.2 Å². The van der Waals surface area contributed by atoms with Crippen LogP contribution in [0.15, 0.2) is 65.8 Å². The fourth-order valence-electron chi connectivity index (χ4n) is 2.72. The van der Waals surface area contributed by atoms with Crippen LogP contribution in [0.25, 0.3) is 11.3 Å². The molecule has 1 aromatic heterocycles. The molecule has 0 spiro atoms. The number of nitroso groups, excluding NO2 is 1. The zero-order chi connectivity index (χ0) is 24.9. The number of ketones is 2. The van der Waals surface area contributed by atoms with E-state index in [1.807, 2.05) is 18.2 Å². The standard InChI is InChI=1S/C12H11N3O3.C12H12O4/c1-2-18-12(16)11-10(15-17)9(13-14-11)8-6-4-3-5-7-8;1-2-16-12(15)11(14)8-10(13)9-6-4-3-5-7-9/h3-7H,2H2,1H3,(H,13,14);3-7H,2,8H2,1H3. The molecule has 0 aliphatic rings. The van der Waals surface area contributed by atoms with Crippen LogP contribution in [-0.2, 0) is 19.1 Å². The van der Waals surface area contributed by atoms with Gasteiger partial charge in [-0.1, -0.05) is 60.7 Å². The average molecular weight is 465 g/mol. The van der Waals surface area contributed by atoms with E-state index < -0.39 is 24.1 Å². The number of rotatable bonds is 9. The lowest BCUT2D eigenvalue weighted by atomic mass is 10.1. The molecular weight excluding hydrogens is 442 g/mol. The summed E-state index contributed by atoms with van der Waals surface area (Å²) in [5.74, 6) is -2.78. The Kier molecular flexibility index (Phi) is 9.98. The Balaban J connectivity index is 0.000000242. The van der Waals surface area contributed by atoms with Gasteiger partial charge in [-0.05, 0) is 19.0 Å². The van der Waals surface area contributed by atoms with Crippen molar-refractivity contribution in [3.63, 3.8) is 0 Å². The molecule has 0 atom stereocenters. The van der Waals surface area contributed by atoms with Gasteiger partial charge in [0.05, 0.1) is 19.6 Å². The molecule has 3 aromatic rings. The number of benzene rings is 2. The van der Waals surface area contributed by atoms with Crippen molar-refractivity contribution in [1.29, 1.82) is 0 Å². The normalized spacial score (nSPS) is 9.82. The summed E-state index contributed by atoms with van der Waals surface area (Å²) in [6.45, 7) is 3.63. The maximum Gasteiger partial charge on any atom is 0.375 e. The zero-order valence-electron chi connectivity index (χ0n) is 18.6. The van der Waals surface area contributed by atoms with Gasteiger partial charge < -0.3 is 9.47 Å². The highest BCUT2D eigenvalue weighted by Crippen LogP contribution is 2.31. The molecule has 0 unspecified atom stereocenters. The molecule has 0 radical (unpaired) electrons. The summed E-state index contributed by atoms with van der Waals surface area (Å²) in [5.41, 5.74) is 1.41. The summed E-state index contributed by atoms with van der Waals surface area (Å²) in [5, 5.41) is 9.30. The van der Waals surface area contributed by atoms with E-state index in [2.05, 4.69) is 20.1 Å². The first-order chi connectivity index (χ1) is 16.4. The second kappa shape index (κ2) is 13.2. The molecule has 1 N–H and O–H groups in total. The van der Waals surface area contributed by atoms with Crippen molar-refractivity contribution in [2.75, 3.05) is 13.2 Å². The van der Waals surface area contributed by atoms with Gasteiger partial charge in [0.25, 0.3) is 0 Å². The molecule has 0 saturated carbocycles. The highest BCUT2D eigenvalue weighted by atomic mass is 16.5. The van der Waals surface area contributed by atoms with Gasteiger partial charge in [-0.3, -0.25) is 14.7 Å². The average Bonchev–Trinajstić information content (AvgIpc) is 3.30. The number of carbonyl (C=O) groups is 4. The predicted molar refractivity (Wildman–Crippen MR) is 122 cm³/mol. The molecular formula is C24H23N3O7. The Morgan fingerprint density at radius 2 is 1.47 bits per heavy atom. The molecule has 1 heterocycles. The minimum atomic E-state index is -0.952. The first-order valence-electron chi connectivity index (χ1n) is 10.3. The van der Waals surface area contributed by atoms with Gasteiger partial charge in [0.1, 0.15) is 5.69 Å². The van der Waals surface area contributed by atoms with Crippen LogP contribution in [0, 0.1) is 4.91 Å². The molecule has 0 aliphatic heterocycles. The van der Waals surface area contributed by atoms with Crippen LogP contribution in [0.2, 0.25) is 0 Å². The second-order valence-electron chi connectivity index (χ2n) is 6.58. The van der Waals surface area contributed by atoms with Gasteiger partial charge in [-0.15, -0.1) is 4.91 Å². The van der Waals surface area contributed by atoms with Crippen molar-refractivity contribution >= 4 is 29.2 Å². The number of esters is 2. The summed E-state index contributed by atoms with van der Waals surface area (Å²) in [6.07, 6.45) is -0.442. The first kappa shape index (κ1) is 25.8. The Labute approximate surface area is 195 Å². The third-order valence-electron chi connectivity index (χ3n) is 4.28. The van der Waals surface area contributed by atoms with Gasteiger partial charge in [0, 0.05) is 11.1 Å². The minimum absolute atomic E-state index is 0.0225. The van der Waals surface area contributed by atoms with E-state index in [0.29, 0.717) is 16.8 Å². The Hall–Kier alpha value is -4.47. The number of aromatic amines is 1. The van der Waals surface area contributed by atoms with Crippen LogP contribution in [-0.4, -0.2) is 46.9 Å². The van der Waals surface area contributed by atoms with Gasteiger partial charge in [0.15, 0.2) is 17.2 Å². The maximum atomic E-state index is 11.6. The number of Topliss-reactive ketones (excluding diaryl/α,β-unsaturated/α-hetero) is 2. The van der Waals surface area contributed by atoms with Gasteiger partial charge >= 0.3 is 11.9 Å². The molecule has 10 nitrogen and oxygen atoms in total. The second-order valence-corrected chi connectivity index (χ2v) is 6.58. The molecule has 0 amide bonds. The summed E-state index contributed by atoms with van der Waals surface area (Å²) >= 11 is 0. The van der Waals surface area contributed by atoms with E-state index in [9.17, 15) is 24.1 Å². The van der Waals surface area contributed by atoms with Gasteiger partial charge in [-0.2, -0.15) is 5.10 Å². The number of ether oxygens (including phenoxy) is 2. The van der Waals surface area contributed by atoms with Gasteiger partial charge in [-0.25, -0.2) is 9.59 Å². The van der Waals surface area contributed by atoms with E-state index in [-0.39, 0.29) is 30.4 Å². The van der Waals surface area contributed by atoms with Crippen molar-refractivity contribution in [3.8, 4) is 11.3 Å². The monoisotopic (exact) mass is 465 g/mol. The van der Waals surface area contributed by atoms with Crippen LogP contribution < -0.4 is 0 Å². The predicted octanol–water partition coefficient (Wildman–Crippen LogP) is 4.04. The van der Waals surface area contributed by atoms with Crippen LogP contribution >= 0.6 is 0 Å². The molecule has 34 heavy (non-hydrogen) atoms. The van der Waals surface area contributed by atoms with E-state index >= 15 is 0 Å². The Morgan fingerprint density at radius 3 is 2.03 bits per heavy atom. The van der Waals surface area contributed by atoms with Crippen LogP contribution in [0.1, 0.15) is 41.1 Å². The van der Waals surface area contributed by atoms with Crippen LogP contribution in [0.3, 0.4) is 0 Å². The topological polar surface area (TPSA) is 145 Å². The first-order valence-corrected chi connectivity index (χ1v) is 10.3. The quantitative estimate of drug-likeness (QED) is 0.164. The summed E-state index contributed by atoms with van der Waals surface area (Å²) in [7, 11) is 0. The molecule has 0 bridgehead atoms. The van der Waals surface area contributed by atoms with Crippen LogP contribution in [0.5, 0.6) is 0 Å². The van der Waals surface area contributed by atoms with E-state index in [0.717, 1.165) is 0 Å². The fourth-order valence-corrected chi connectivity index (χ4v) is 2.72. The lowest BCUT2D eigenvalue weighted by Crippen LogP contribution is -2.20. The number of aromatic nitrogens is 2. The smallest absolute Gasteiger partial charge is 0.375 e. The highest BCUT2D eigenvalue weighted by molar-refractivity contribution is 6.38. The molecule has 0 aliphatic carbocycles. The van der Waals surface area contributed by atoms with Crippen molar-refractivity contribution < 1.29 is 28.7 Å². The molecule has 2 aromatic carbocycles. The fraction of sp³-hybridized carbons (Fsp3) is 0.208. The van der Waals surface area contributed by atoms with Crippen molar-refractivity contribution in [3.05, 3.63) is 76.8 Å². The molecule has 0 saturated heterocycles. The van der Waals surface area contributed by atoms with Crippen molar-refractivity contribution in [2.24, 2.45) is 5.18 Å². The number of hydrogen-bond donors (Lipinski definition) is 1. The SMILES string of the molecule is CCOC(=O)C(=O)CC(=O)c1ccccc1.CCOC(=O)c1[nH]nc(-c2ccccc2)c1N=O. The zero-order valence-corrected chi connectivity index (χ0v) is 18.6. The lowest BCUT2D eigenvalue weighted by Gasteiger charge is -2.00. The van der Waals surface area contributed by atoms with Gasteiger partial charge in [0.2, 0.25) is 5.78 Å². The summed E-state index contributed by atoms with van der Waals surface area (Å²) < 4.78 is 9.31. The third-order valence-corrected chi connectivity index (χ3v) is 4.28.